The molecular formula is C17H24N2O. The molecule has 1 heterocycles. The number of carbonyl (C=O) groups excluding carboxylic acids is 1. The predicted molar refractivity (Wildman–Crippen MR) is 83.0 cm³/mol. The third-order valence-electron chi connectivity index (χ3n) is 4.88. The minimum atomic E-state index is 0.132. The lowest BCUT2D eigenvalue weighted by Gasteiger charge is -2.36. The van der Waals surface area contributed by atoms with Crippen LogP contribution in [0.25, 0.3) is 0 Å². The van der Waals surface area contributed by atoms with Crippen LogP contribution in [-0.2, 0) is 11.2 Å². The van der Waals surface area contributed by atoms with Crippen LogP contribution >= 0.6 is 0 Å². The summed E-state index contributed by atoms with van der Waals surface area (Å²) < 4.78 is 0. The Hall–Kier alpha value is -1.51. The Kier molecular flexibility index (Phi) is 3.68. The number of benzene rings is 1. The highest BCUT2D eigenvalue weighted by Gasteiger charge is 2.27. The topological polar surface area (TPSA) is 41.1 Å². The number of fused-ring (bicyclic) bond motifs is 1. The van der Waals surface area contributed by atoms with Crippen molar-refractivity contribution in [3.63, 3.8) is 0 Å². The van der Waals surface area contributed by atoms with Crippen molar-refractivity contribution in [2.24, 2.45) is 11.8 Å². The fraction of sp³-hybridized carbons (Fsp3) is 0.588. The van der Waals surface area contributed by atoms with Crippen molar-refractivity contribution in [1.29, 1.82) is 0 Å². The van der Waals surface area contributed by atoms with E-state index in [-0.39, 0.29) is 5.91 Å². The molecule has 0 saturated heterocycles. The highest BCUT2D eigenvalue weighted by molar-refractivity contribution is 5.94. The molecule has 3 rings (SSSR count). The molecule has 0 aromatic heterocycles. The second-order valence-electron chi connectivity index (χ2n) is 6.48. The molecule has 1 aromatic rings. The number of aryl methyl sites for hydroxylation is 1. The fourth-order valence-electron chi connectivity index (χ4n) is 3.63. The minimum absolute atomic E-state index is 0.132. The monoisotopic (exact) mass is 272 g/mol. The first kappa shape index (κ1) is 13.5. The summed E-state index contributed by atoms with van der Waals surface area (Å²) in [5, 5.41) is 6.67. The predicted octanol–water partition coefficient (Wildman–Crippen LogP) is 3.81. The van der Waals surface area contributed by atoms with Gasteiger partial charge in [-0.05, 0) is 54.9 Å². The summed E-state index contributed by atoms with van der Waals surface area (Å²) in [4.78, 5) is 11.4. The normalized spacial score (nSPS) is 29.5. The van der Waals surface area contributed by atoms with Crippen LogP contribution in [0.2, 0.25) is 0 Å². The molecule has 0 spiro atoms. The van der Waals surface area contributed by atoms with Gasteiger partial charge in [-0.3, -0.25) is 4.79 Å². The lowest BCUT2D eigenvalue weighted by molar-refractivity contribution is -0.116. The average Bonchev–Trinajstić information content (AvgIpc) is 2.43. The number of nitrogens with one attached hydrogen (secondary N) is 2. The van der Waals surface area contributed by atoms with Gasteiger partial charge in [-0.25, -0.2) is 0 Å². The summed E-state index contributed by atoms with van der Waals surface area (Å²) >= 11 is 0. The Morgan fingerprint density at radius 2 is 1.90 bits per heavy atom. The molecule has 0 radical (unpaired) electrons. The molecule has 3 nitrogen and oxygen atoms in total. The van der Waals surface area contributed by atoms with E-state index in [1.807, 2.05) is 6.07 Å². The van der Waals surface area contributed by atoms with E-state index >= 15 is 0 Å². The zero-order valence-electron chi connectivity index (χ0n) is 12.4. The third kappa shape index (κ3) is 2.67. The van der Waals surface area contributed by atoms with Crippen LogP contribution in [0.15, 0.2) is 18.2 Å². The molecule has 2 aliphatic rings. The number of amides is 1. The molecule has 2 N–H and O–H groups in total. The second kappa shape index (κ2) is 5.47. The standard InChI is InChI=1S/C17H24N2O/c1-11-4-3-5-12(2)17(11)18-14-7-8-15-13(10-14)6-9-16(20)19-15/h7-8,10-12,17-18H,3-6,9H2,1-2H3,(H,19,20). The van der Waals surface area contributed by atoms with Gasteiger partial charge < -0.3 is 10.6 Å². The molecule has 1 aliphatic carbocycles. The first-order valence-electron chi connectivity index (χ1n) is 7.83. The summed E-state index contributed by atoms with van der Waals surface area (Å²) in [7, 11) is 0. The van der Waals surface area contributed by atoms with Crippen molar-refractivity contribution < 1.29 is 4.79 Å². The summed E-state index contributed by atoms with van der Waals surface area (Å²) in [5.41, 5.74) is 3.44. The van der Waals surface area contributed by atoms with Gasteiger partial charge in [-0.15, -0.1) is 0 Å². The average molecular weight is 272 g/mol. The van der Waals surface area contributed by atoms with Crippen LogP contribution < -0.4 is 10.6 Å². The van der Waals surface area contributed by atoms with Crippen molar-refractivity contribution in [1.82, 2.24) is 0 Å². The van der Waals surface area contributed by atoms with Gasteiger partial charge in [-0.1, -0.05) is 20.3 Å². The lowest BCUT2D eigenvalue weighted by atomic mass is 9.78. The molecule has 1 amide bonds. The fourth-order valence-corrected chi connectivity index (χ4v) is 3.63. The molecule has 3 heteroatoms. The van der Waals surface area contributed by atoms with E-state index in [0.717, 1.165) is 23.9 Å². The van der Waals surface area contributed by atoms with Gasteiger partial charge in [0.1, 0.15) is 0 Å². The maximum atomic E-state index is 11.4. The van der Waals surface area contributed by atoms with Crippen molar-refractivity contribution >= 4 is 17.3 Å². The number of rotatable bonds is 2. The number of anilines is 2. The second-order valence-corrected chi connectivity index (χ2v) is 6.48. The zero-order chi connectivity index (χ0) is 14.1. The maximum Gasteiger partial charge on any atom is 0.224 e. The minimum Gasteiger partial charge on any atom is -0.382 e. The summed E-state index contributed by atoms with van der Waals surface area (Å²) in [6.45, 7) is 4.71. The molecule has 2 atom stereocenters. The quantitative estimate of drug-likeness (QED) is 0.859. The van der Waals surface area contributed by atoms with E-state index in [9.17, 15) is 4.79 Å². The van der Waals surface area contributed by atoms with Gasteiger partial charge in [0.25, 0.3) is 0 Å². The van der Waals surface area contributed by atoms with E-state index in [4.69, 9.17) is 0 Å². The van der Waals surface area contributed by atoms with Gasteiger partial charge in [0.15, 0.2) is 0 Å². The van der Waals surface area contributed by atoms with E-state index in [1.54, 1.807) is 0 Å². The van der Waals surface area contributed by atoms with Crippen LogP contribution in [0.1, 0.15) is 45.1 Å². The third-order valence-corrected chi connectivity index (χ3v) is 4.88. The molecular weight excluding hydrogens is 248 g/mol. The van der Waals surface area contributed by atoms with E-state index in [2.05, 4.69) is 36.6 Å². The zero-order valence-corrected chi connectivity index (χ0v) is 12.4. The van der Waals surface area contributed by atoms with E-state index in [0.29, 0.717) is 12.5 Å². The van der Waals surface area contributed by atoms with Gasteiger partial charge in [0.2, 0.25) is 5.91 Å². The maximum absolute atomic E-state index is 11.4. The SMILES string of the molecule is CC1CCCC(C)C1Nc1ccc2c(c1)CCC(=O)N2. The largest absolute Gasteiger partial charge is 0.382 e. The molecule has 1 saturated carbocycles. The molecule has 2 unspecified atom stereocenters. The van der Waals surface area contributed by atoms with E-state index in [1.165, 1.54) is 30.5 Å². The molecule has 1 fully saturated rings. The number of carbonyl (C=O) groups is 1. The van der Waals surface area contributed by atoms with Gasteiger partial charge in [0, 0.05) is 23.8 Å². The smallest absolute Gasteiger partial charge is 0.224 e. The van der Waals surface area contributed by atoms with Crippen molar-refractivity contribution in [3.05, 3.63) is 23.8 Å². The first-order chi connectivity index (χ1) is 9.63. The highest BCUT2D eigenvalue weighted by Crippen LogP contribution is 2.32. The Balaban J connectivity index is 1.76. The van der Waals surface area contributed by atoms with Gasteiger partial charge >= 0.3 is 0 Å². The summed E-state index contributed by atoms with van der Waals surface area (Å²) in [6.07, 6.45) is 5.46. The van der Waals surface area contributed by atoms with Crippen molar-refractivity contribution in [2.45, 2.75) is 52.0 Å². The van der Waals surface area contributed by atoms with Gasteiger partial charge in [-0.2, -0.15) is 0 Å². The van der Waals surface area contributed by atoms with E-state index < -0.39 is 0 Å². The Morgan fingerprint density at radius 1 is 1.15 bits per heavy atom. The van der Waals surface area contributed by atoms with Crippen molar-refractivity contribution in [2.75, 3.05) is 10.6 Å². The molecule has 0 bridgehead atoms. The van der Waals surface area contributed by atoms with Crippen molar-refractivity contribution in [3.8, 4) is 0 Å². The van der Waals surface area contributed by atoms with Crippen LogP contribution in [-0.4, -0.2) is 11.9 Å². The first-order valence-corrected chi connectivity index (χ1v) is 7.83. The Labute approximate surface area is 121 Å². The van der Waals surface area contributed by atoms with Crippen LogP contribution in [0.3, 0.4) is 0 Å². The molecule has 108 valence electrons. The highest BCUT2D eigenvalue weighted by atomic mass is 16.1. The molecule has 1 aliphatic heterocycles. The van der Waals surface area contributed by atoms with Crippen LogP contribution in [0.5, 0.6) is 0 Å². The number of hydrogen-bond donors (Lipinski definition) is 2. The molecule has 20 heavy (non-hydrogen) atoms. The lowest BCUT2D eigenvalue weighted by Crippen LogP contribution is -2.37. The Bertz CT molecular complexity index is 502. The van der Waals surface area contributed by atoms with Crippen LogP contribution in [0.4, 0.5) is 11.4 Å². The van der Waals surface area contributed by atoms with Gasteiger partial charge in [0.05, 0.1) is 0 Å². The van der Waals surface area contributed by atoms with Crippen LogP contribution in [0, 0.1) is 11.8 Å². The number of hydrogen-bond acceptors (Lipinski definition) is 2. The molecule has 1 aromatic carbocycles. The summed E-state index contributed by atoms with van der Waals surface area (Å²) in [5.74, 6) is 1.59. The Morgan fingerprint density at radius 3 is 2.65 bits per heavy atom. The summed E-state index contributed by atoms with van der Waals surface area (Å²) in [6, 6.07) is 6.91.